The Hall–Kier alpha value is -1.91. The summed E-state index contributed by atoms with van der Waals surface area (Å²) in [5.74, 6) is 0.647. The lowest BCUT2D eigenvalue weighted by Gasteiger charge is -2.47. The Morgan fingerprint density at radius 2 is 2.18 bits per heavy atom. The van der Waals surface area contributed by atoms with Crippen LogP contribution in [0.3, 0.4) is 0 Å². The molecular weight excluding hydrogens is 304 g/mol. The Bertz CT molecular complexity index is 616. The second-order valence-corrected chi connectivity index (χ2v) is 5.93. The normalized spacial score (nSPS) is 26.4. The minimum atomic E-state index is -0.00939. The summed E-state index contributed by atoms with van der Waals surface area (Å²) in [4.78, 5) is 12.8. The standard InChI is InChI=1S/C14H17ClN6O/c15-13(19-22)12-3-1-2-10-9-20(6-7-21(10)12)14-11(8-16)17-4-5-18-14/h4-5,10,12,22H,1-3,6-7,9H2/t10-,12+/m0/s1. The number of anilines is 1. The SMILES string of the molecule is N#Cc1nccnc1N1CCN2[C@@H](CCC[C@@H]2C(Cl)=NO)C1. The topological polar surface area (TPSA) is 88.6 Å². The second-order valence-electron chi connectivity index (χ2n) is 5.55. The summed E-state index contributed by atoms with van der Waals surface area (Å²) in [5, 5.41) is 21.5. The van der Waals surface area contributed by atoms with Gasteiger partial charge in [0.2, 0.25) is 0 Å². The van der Waals surface area contributed by atoms with Crippen molar-refractivity contribution in [3.05, 3.63) is 18.1 Å². The van der Waals surface area contributed by atoms with E-state index in [0.29, 0.717) is 17.6 Å². The first kappa shape index (κ1) is 15.0. The largest absolute Gasteiger partial charge is 0.410 e. The zero-order chi connectivity index (χ0) is 15.5. The number of hydrogen-bond acceptors (Lipinski definition) is 7. The molecule has 0 aliphatic carbocycles. The average Bonchev–Trinajstić information content (AvgIpc) is 2.60. The zero-order valence-electron chi connectivity index (χ0n) is 12.1. The van der Waals surface area contributed by atoms with Gasteiger partial charge in [-0.25, -0.2) is 9.97 Å². The number of fused-ring (bicyclic) bond motifs is 1. The van der Waals surface area contributed by atoms with Crippen molar-refractivity contribution in [2.75, 3.05) is 24.5 Å². The van der Waals surface area contributed by atoms with E-state index >= 15 is 0 Å². The van der Waals surface area contributed by atoms with Crippen LogP contribution in [0, 0.1) is 11.3 Å². The summed E-state index contributed by atoms with van der Waals surface area (Å²) < 4.78 is 0. The van der Waals surface area contributed by atoms with Gasteiger partial charge in [-0.1, -0.05) is 16.8 Å². The van der Waals surface area contributed by atoms with Crippen LogP contribution in [0.25, 0.3) is 0 Å². The van der Waals surface area contributed by atoms with Crippen LogP contribution in [0.4, 0.5) is 5.82 Å². The molecule has 116 valence electrons. The van der Waals surface area contributed by atoms with Gasteiger partial charge in [0.1, 0.15) is 6.07 Å². The molecule has 8 heteroatoms. The molecule has 0 saturated carbocycles. The predicted molar refractivity (Wildman–Crippen MR) is 82.2 cm³/mol. The van der Waals surface area contributed by atoms with E-state index in [0.717, 1.165) is 38.9 Å². The number of nitriles is 1. The van der Waals surface area contributed by atoms with E-state index in [1.54, 1.807) is 6.20 Å². The summed E-state index contributed by atoms with van der Waals surface area (Å²) >= 11 is 6.04. The lowest BCUT2D eigenvalue weighted by Crippen LogP contribution is -2.60. The van der Waals surface area contributed by atoms with Gasteiger partial charge in [-0.2, -0.15) is 5.26 Å². The van der Waals surface area contributed by atoms with Crippen molar-refractivity contribution in [2.45, 2.75) is 31.3 Å². The molecule has 0 spiro atoms. The van der Waals surface area contributed by atoms with E-state index in [2.05, 4.69) is 31.0 Å². The zero-order valence-corrected chi connectivity index (χ0v) is 12.8. The second kappa shape index (κ2) is 6.46. The van der Waals surface area contributed by atoms with E-state index < -0.39 is 0 Å². The fourth-order valence-electron chi connectivity index (χ4n) is 3.41. The molecule has 2 aliphatic rings. The first-order valence-electron chi connectivity index (χ1n) is 7.34. The number of oxime groups is 1. The molecule has 1 N–H and O–H groups in total. The number of halogens is 1. The van der Waals surface area contributed by atoms with Crippen LogP contribution in [0.5, 0.6) is 0 Å². The number of rotatable bonds is 2. The molecule has 3 rings (SSSR count). The van der Waals surface area contributed by atoms with E-state index in [1.807, 2.05) is 0 Å². The van der Waals surface area contributed by atoms with Crippen LogP contribution < -0.4 is 4.90 Å². The highest BCUT2D eigenvalue weighted by Gasteiger charge is 2.37. The molecule has 1 aromatic heterocycles. The van der Waals surface area contributed by atoms with Crippen molar-refractivity contribution in [1.29, 1.82) is 5.26 Å². The summed E-state index contributed by atoms with van der Waals surface area (Å²) in [6.45, 7) is 2.32. The lowest BCUT2D eigenvalue weighted by molar-refractivity contribution is 0.104. The quantitative estimate of drug-likeness (QED) is 0.503. The number of hydrogen-bond donors (Lipinski definition) is 1. The van der Waals surface area contributed by atoms with Crippen molar-refractivity contribution in [1.82, 2.24) is 14.9 Å². The van der Waals surface area contributed by atoms with Gasteiger partial charge < -0.3 is 10.1 Å². The van der Waals surface area contributed by atoms with Crippen molar-refractivity contribution in [3.8, 4) is 6.07 Å². The summed E-state index contributed by atoms with van der Waals surface area (Å²) in [6.07, 6.45) is 6.16. The van der Waals surface area contributed by atoms with E-state index in [4.69, 9.17) is 16.8 Å². The first-order chi connectivity index (χ1) is 10.7. The Labute approximate surface area is 133 Å². The number of piperidine rings is 1. The van der Waals surface area contributed by atoms with Crippen molar-refractivity contribution in [3.63, 3.8) is 0 Å². The molecule has 2 saturated heterocycles. The van der Waals surface area contributed by atoms with Crippen LogP contribution >= 0.6 is 11.6 Å². The summed E-state index contributed by atoms with van der Waals surface area (Å²) in [5.41, 5.74) is 0.360. The highest BCUT2D eigenvalue weighted by atomic mass is 35.5. The fraction of sp³-hybridized carbons (Fsp3) is 0.571. The minimum absolute atomic E-state index is 0.00939. The molecule has 22 heavy (non-hydrogen) atoms. The maximum absolute atomic E-state index is 9.18. The number of nitrogens with zero attached hydrogens (tertiary/aromatic N) is 6. The van der Waals surface area contributed by atoms with Gasteiger partial charge in [0.25, 0.3) is 0 Å². The predicted octanol–water partition coefficient (Wildman–Crippen LogP) is 1.42. The van der Waals surface area contributed by atoms with Crippen LogP contribution in [-0.2, 0) is 0 Å². The lowest BCUT2D eigenvalue weighted by atomic mass is 9.93. The van der Waals surface area contributed by atoms with Gasteiger partial charge in [0.15, 0.2) is 16.7 Å². The third-order valence-corrected chi connectivity index (χ3v) is 4.73. The molecule has 0 aromatic carbocycles. The van der Waals surface area contributed by atoms with Crippen molar-refractivity contribution < 1.29 is 5.21 Å². The Morgan fingerprint density at radius 3 is 2.95 bits per heavy atom. The van der Waals surface area contributed by atoms with E-state index in [-0.39, 0.29) is 11.2 Å². The highest BCUT2D eigenvalue weighted by molar-refractivity contribution is 6.66. The minimum Gasteiger partial charge on any atom is -0.410 e. The van der Waals surface area contributed by atoms with Crippen LogP contribution in [0.1, 0.15) is 25.0 Å². The third kappa shape index (κ3) is 2.72. The van der Waals surface area contributed by atoms with Crippen LogP contribution in [0.15, 0.2) is 17.5 Å². The molecule has 1 aromatic rings. The molecule has 2 aliphatic heterocycles. The van der Waals surface area contributed by atoms with Gasteiger partial charge in [-0.15, -0.1) is 0 Å². The van der Waals surface area contributed by atoms with Crippen LogP contribution in [-0.4, -0.2) is 57.0 Å². The van der Waals surface area contributed by atoms with Gasteiger partial charge >= 0.3 is 0 Å². The van der Waals surface area contributed by atoms with Gasteiger partial charge in [-0.3, -0.25) is 4.90 Å². The molecule has 2 fully saturated rings. The summed E-state index contributed by atoms with van der Waals surface area (Å²) in [7, 11) is 0. The molecule has 7 nitrogen and oxygen atoms in total. The molecular formula is C14H17ClN6O. The van der Waals surface area contributed by atoms with Crippen molar-refractivity contribution >= 4 is 22.6 Å². The third-order valence-electron chi connectivity index (χ3n) is 4.40. The molecule has 0 radical (unpaired) electrons. The van der Waals surface area contributed by atoms with Crippen molar-refractivity contribution in [2.24, 2.45) is 5.16 Å². The van der Waals surface area contributed by atoms with Gasteiger partial charge in [-0.05, 0) is 19.3 Å². The number of piperazine rings is 1. The fourth-order valence-corrected chi connectivity index (χ4v) is 3.64. The Morgan fingerprint density at radius 1 is 1.36 bits per heavy atom. The van der Waals surface area contributed by atoms with Crippen LogP contribution in [0.2, 0.25) is 0 Å². The Kier molecular flexibility index (Phi) is 4.41. The van der Waals surface area contributed by atoms with Gasteiger partial charge in [0, 0.05) is 38.1 Å². The molecule has 0 bridgehead atoms. The molecule has 3 heterocycles. The molecule has 2 atom stereocenters. The van der Waals surface area contributed by atoms with Gasteiger partial charge in [0.05, 0.1) is 6.04 Å². The monoisotopic (exact) mass is 320 g/mol. The molecule has 0 unspecified atom stereocenters. The molecule has 0 amide bonds. The maximum Gasteiger partial charge on any atom is 0.183 e. The summed E-state index contributed by atoms with van der Waals surface area (Å²) in [6, 6.07) is 2.41. The number of aromatic nitrogens is 2. The Balaban J connectivity index is 1.79. The van der Waals surface area contributed by atoms with E-state index in [9.17, 15) is 5.26 Å². The maximum atomic E-state index is 9.18. The first-order valence-corrected chi connectivity index (χ1v) is 7.71. The highest BCUT2D eigenvalue weighted by Crippen LogP contribution is 2.29. The van der Waals surface area contributed by atoms with E-state index in [1.165, 1.54) is 6.20 Å². The average molecular weight is 321 g/mol. The smallest absolute Gasteiger partial charge is 0.183 e.